The molecule has 1 unspecified atom stereocenters. The second-order valence-electron chi connectivity index (χ2n) is 3.73. The molecule has 0 aliphatic heterocycles. The smallest absolute Gasteiger partial charge is 0.0494 e. The monoisotopic (exact) mass is 205 g/mol. The predicted octanol–water partition coefficient (Wildman–Crippen LogP) is 1.83. The highest BCUT2D eigenvalue weighted by Crippen LogP contribution is 2.19. The molecule has 0 aliphatic carbocycles. The molecule has 3 N–H and O–H groups in total. The van der Waals surface area contributed by atoms with Gasteiger partial charge in [0.05, 0.1) is 0 Å². The van der Waals surface area contributed by atoms with Crippen LogP contribution in [0.15, 0.2) is 36.9 Å². The van der Waals surface area contributed by atoms with Crippen LogP contribution >= 0.6 is 0 Å². The molecule has 0 radical (unpaired) electrons. The Bertz CT molecular complexity index is 303. The molecule has 1 aromatic rings. The summed E-state index contributed by atoms with van der Waals surface area (Å²) in [5.41, 5.74) is 5.15. The number of hydrazine groups is 1. The molecule has 0 spiro atoms. The molecule has 82 valence electrons. The van der Waals surface area contributed by atoms with Gasteiger partial charge < -0.3 is 4.90 Å². The molecule has 1 atom stereocenters. The molecule has 0 aliphatic rings. The molecule has 0 heterocycles. The van der Waals surface area contributed by atoms with E-state index in [0.717, 1.165) is 6.42 Å². The highest BCUT2D eigenvalue weighted by Gasteiger charge is 2.07. The Kier molecular flexibility index (Phi) is 4.34. The summed E-state index contributed by atoms with van der Waals surface area (Å²) in [5, 5.41) is 0. The maximum absolute atomic E-state index is 5.48. The third-order valence-corrected chi connectivity index (χ3v) is 2.42. The van der Waals surface area contributed by atoms with Gasteiger partial charge in [0, 0.05) is 25.8 Å². The zero-order chi connectivity index (χ0) is 11.3. The summed E-state index contributed by atoms with van der Waals surface area (Å²) >= 11 is 0. The van der Waals surface area contributed by atoms with Gasteiger partial charge in [-0.25, -0.2) is 0 Å². The van der Waals surface area contributed by atoms with E-state index in [-0.39, 0.29) is 6.04 Å². The third-order valence-electron chi connectivity index (χ3n) is 2.42. The first-order chi connectivity index (χ1) is 7.19. The molecule has 0 bridgehead atoms. The van der Waals surface area contributed by atoms with Crippen molar-refractivity contribution in [2.75, 3.05) is 19.0 Å². The van der Waals surface area contributed by atoms with Crippen molar-refractivity contribution in [3.05, 3.63) is 42.5 Å². The first-order valence-corrected chi connectivity index (χ1v) is 5.03. The first kappa shape index (κ1) is 11.8. The number of nitrogens with one attached hydrogen (secondary N) is 1. The van der Waals surface area contributed by atoms with E-state index in [4.69, 9.17) is 5.84 Å². The van der Waals surface area contributed by atoms with Gasteiger partial charge in [0.25, 0.3) is 0 Å². The molecule has 1 aromatic carbocycles. The Labute approximate surface area is 91.6 Å². The van der Waals surface area contributed by atoms with E-state index < -0.39 is 0 Å². The maximum Gasteiger partial charge on any atom is 0.0494 e. The van der Waals surface area contributed by atoms with Crippen molar-refractivity contribution < 1.29 is 0 Å². The fourth-order valence-electron chi connectivity index (χ4n) is 1.47. The van der Waals surface area contributed by atoms with Crippen LogP contribution in [-0.2, 0) is 0 Å². The minimum atomic E-state index is 0.152. The Balaban J connectivity index is 2.81. The second kappa shape index (κ2) is 5.53. The van der Waals surface area contributed by atoms with E-state index in [1.807, 2.05) is 20.2 Å². The summed E-state index contributed by atoms with van der Waals surface area (Å²) in [6, 6.07) is 8.50. The molecule has 0 aromatic heterocycles. The molecule has 15 heavy (non-hydrogen) atoms. The lowest BCUT2D eigenvalue weighted by molar-refractivity contribution is 0.561. The summed E-state index contributed by atoms with van der Waals surface area (Å²) in [6.45, 7) is 3.72. The lowest BCUT2D eigenvalue weighted by Crippen LogP contribution is -2.27. The van der Waals surface area contributed by atoms with Crippen molar-refractivity contribution in [2.24, 2.45) is 5.84 Å². The molecule has 1 rings (SSSR count). The summed E-state index contributed by atoms with van der Waals surface area (Å²) < 4.78 is 0. The van der Waals surface area contributed by atoms with E-state index in [0.29, 0.717) is 0 Å². The standard InChI is InChI=1S/C12H19N3/c1-4-5-12(14-13)10-6-8-11(9-7-10)15(2)3/h4,6-9,12,14H,1,5,13H2,2-3H3. The number of rotatable bonds is 5. The van der Waals surface area contributed by atoms with Crippen LogP contribution in [0.3, 0.4) is 0 Å². The van der Waals surface area contributed by atoms with Gasteiger partial charge in [0.1, 0.15) is 0 Å². The van der Waals surface area contributed by atoms with Crippen LogP contribution in [0.1, 0.15) is 18.0 Å². The fraction of sp³-hybridized carbons (Fsp3) is 0.333. The minimum absolute atomic E-state index is 0.152. The first-order valence-electron chi connectivity index (χ1n) is 5.03. The van der Waals surface area contributed by atoms with Crippen LogP contribution in [-0.4, -0.2) is 14.1 Å². The van der Waals surface area contributed by atoms with Crippen molar-refractivity contribution >= 4 is 5.69 Å². The average molecular weight is 205 g/mol. The van der Waals surface area contributed by atoms with Gasteiger partial charge >= 0.3 is 0 Å². The quantitative estimate of drug-likeness (QED) is 0.438. The lowest BCUT2D eigenvalue weighted by Gasteiger charge is -2.17. The topological polar surface area (TPSA) is 41.3 Å². The summed E-state index contributed by atoms with van der Waals surface area (Å²) in [7, 11) is 4.05. The minimum Gasteiger partial charge on any atom is -0.378 e. The third kappa shape index (κ3) is 3.08. The van der Waals surface area contributed by atoms with Gasteiger partial charge in [0.2, 0.25) is 0 Å². The van der Waals surface area contributed by atoms with E-state index in [1.54, 1.807) is 0 Å². The van der Waals surface area contributed by atoms with E-state index >= 15 is 0 Å². The predicted molar refractivity (Wildman–Crippen MR) is 65.6 cm³/mol. The molecule has 0 fully saturated rings. The molecule has 0 saturated carbocycles. The Hall–Kier alpha value is -1.32. The highest BCUT2D eigenvalue weighted by atomic mass is 15.2. The number of benzene rings is 1. The van der Waals surface area contributed by atoms with Gasteiger partial charge in [-0.1, -0.05) is 18.2 Å². The van der Waals surface area contributed by atoms with Crippen LogP contribution in [0.2, 0.25) is 0 Å². The van der Waals surface area contributed by atoms with Crippen molar-refractivity contribution in [3.8, 4) is 0 Å². The zero-order valence-corrected chi connectivity index (χ0v) is 9.40. The number of nitrogens with two attached hydrogens (primary N) is 1. The van der Waals surface area contributed by atoms with E-state index in [2.05, 4.69) is 41.2 Å². The number of hydrogen-bond acceptors (Lipinski definition) is 3. The lowest BCUT2D eigenvalue weighted by atomic mass is 10.0. The molecule has 3 nitrogen and oxygen atoms in total. The van der Waals surface area contributed by atoms with Crippen LogP contribution in [0, 0.1) is 0 Å². The molecular formula is C12H19N3. The number of nitrogens with zero attached hydrogens (tertiary/aromatic N) is 1. The largest absolute Gasteiger partial charge is 0.378 e. The second-order valence-corrected chi connectivity index (χ2v) is 3.73. The molecule has 0 amide bonds. The van der Waals surface area contributed by atoms with Crippen LogP contribution < -0.4 is 16.2 Å². The molecular weight excluding hydrogens is 186 g/mol. The van der Waals surface area contributed by atoms with Crippen LogP contribution in [0.25, 0.3) is 0 Å². The zero-order valence-electron chi connectivity index (χ0n) is 9.40. The normalized spacial score (nSPS) is 12.2. The van der Waals surface area contributed by atoms with Gasteiger partial charge in [0.15, 0.2) is 0 Å². The summed E-state index contributed by atoms with van der Waals surface area (Å²) in [5.74, 6) is 5.48. The van der Waals surface area contributed by atoms with E-state index in [1.165, 1.54) is 11.3 Å². The maximum atomic E-state index is 5.48. The summed E-state index contributed by atoms with van der Waals surface area (Å²) in [6.07, 6.45) is 2.70. The molecule has 0 saturated heterocycles. The van der Waals surface area contributed by atoms with Gasteiger partial charge in [-0.3, -0.25) is 11.3 Å². The van der Waals surface area contributed by atoms with E-state index in [9.17, 15) is 0 Å². The molecule has 3 heteroatoms. The van der Waals surface area contributed by atoms with Crippen LogP contribution in [0.4, 0.5) is 5.69 Å². The Morgan fingerprint density at radius 2 is 2.00 bits per heavy atom. The average Bonchev–Trinajstić information content (AvgIpc) is 2.26. The highest BCUT2D eigenvalue weighted by molar-refractivity contribution is 5.46. The van der Waals surface area contributed by atoms with Crippen LogP contribution in [0.5, 0.6) is 0 Å². The van der Waals surface area contributed by atoms with Crippen molar-refractivity contribution in [1.82, 2.24) is 5.43 Å². The SMILES string of the molecule is C=CCC(NN)c1ccc(N(C)C)cc1. The van der Waals surface area contributed by atoms with Gasteiger partial charge in [-0.2, -0.15) is 0 Å². The Morgan fingerprint density at radius 3 is 2.40 bits per heavy atom. The van der Waals surface area contributed by atoms with Gasteiger partial charge in [-0.05, 0) is 24.1 Å². The van der Waals surface area contributed by atoms with Gasteiger partial charge in [-0.15, -0.1) is 6.58 Å². The van der Waals surface area contributed by atoms with Crippen molar-refractivity contribution in [3.63, 3.8) is 0 Å². The van der Waals surface area contributed by atoms with Crippen molar-refractivity contribution in [2.45, 2.75) is 12.5 Å². The summed E-state index contributed by atoms with van der Waals surface area (Å²) in [4.78, 5) is 2.07. The number of hydrogen-bond donors (Lipinski definition) is 2. The fourth-order valence-corrected chi connectivity index (χ4v) is 1.47. The van der Waals surface area contributed by atoms with Crippen molar-refractivity contribution in [1.29, 1.82) is 0 Å². The number of anilines is 1. The Morgan fingerprint density at radius 1 is 1.40 bits per heavy atom.